The van der Waals surface area contributed by atoms with Gasteiger partial charge in [0.25, 0.3) is 0 Å². The van der Waals surface area contributed by atoms with E-state index in [-0.39, 0.29) is 0 Å². The van der Waals surface area contributed by atoms with Gasteiger partial charge in [0.05, 0.1) is 0 Å². The molecule has 0 amide bonds. The van der Waals surface area contributed by atoms with E-state index in [0.717, 1.165) is 25.9 Å². The summed E-state index contributed by atoms with van der Waals surface area (Å²) in [7, 11) is 1.72. The van der Waals surface area contributed by atoms with E-state index in [1.807, 2.05) is 6.08 Å². The Balaban J connectivity index is 3.07. The molecule has 0 rings (SSSR count). The molecular formula is C11H23NO. The van der Waals surface area contributed by atoms with E-state index in [4.69, 9.17) is 10.5 Å². The molecule has 0 radical (unpaired) electrons. The van der Waals surface area contributed by atoms with Gasteiger partial charge in [-0.3, -0.25) is 0 Å². The number of nitrogens with two attached hydrogens (primary N) is 1. The number of methoxy groups -OCH3 is 1. The molecule has 0 spiro atoms. The Morgan fingerprint density at radius 1 is 1.31 bits per heavy atom. The molecule has 0 saturated heterocycles. The van der Waals surface area contributed by atoms with E-state index in [1.54, 1.807) is 7.11 Å². The highest BCUT2D eigenvalue weighted by Gasteiger charge is 2.00. The molecule has 0 aliphatic heterocycles. The fraction of sp³-hybridized carbons (Fsp3) is 0.818. The van der Waals surface area contributed by atoms with E-state index in [9.17, 15) is 0 Å². The molecule has 0 aliphatic rings. The third-order valence-electron chi connectivity index (χ3n) is 2.18. The lowest BCUT2D eigenvalue weighted by Crippen LogP contribution is -2.21. The fourth-order valence-electron chi connectivity index (χ4n) is 1.29. The Morgan fingerprint density at radius 2 is 2.08 bits per heavy atom. The molecule has 2 N–H and O–H groups in total. The molecule has 1 atom stereocenters. The highest BCUT2D eigenvalue weighted by atomic mass is 16.5. The van der Waals surface area contributed by atoms with Gasteiger partial charge in [0.15, 0.2) is 0 Å². The number of ether oxygens (including phenoxy) is 1. The van der Waals surface area contributed by atoms with Crippen molar-refractivity contribution in [3.8, 4) is 0 Å². The predicted molar refractivity (Wildman–Crippen MR) is 57.8 cm³/mol. The standard InChI is InChI=1S/C11H23NO/c1-3-4-5-6-7-8-11(12)9-10-13-2/h3,11H,1,4-10,12H2,2H3. The van der Waals surface area contributed by atoms with Crippen LogP contribution < -0.4 is 5.73 Å². The van der Waals surface area contributed by atoms with Crippen LogP contribution in [-0.4, -0.2) is 19.8 Å². The highest BCUT2D eigenvalue weighted by Crippen LogP contribution is 2.06. The molecule has 0 bridgehead atoms. The Kier molecular flexibility index (Phi) is 9.49. The minimum absolute atomic E-state index is 0.323. The number of unbranched alkanes of at least 4 members (excludes halogenated alkanes) is 3. The van der Waals surface area contributed by atoms with Crippen molar-refractivity contribution in [2.75, 3.05) is 13.7 Å². The van der Waals surface area contributed by atoms with Gasteiger partial charge < -0.3 is 10.5 Å². The van der Waals surface area contributed by atoms with Crippen LogP contribution in [0.1, 0.15) is 38.5 Å². The molecule has 0 heterocycles. The Labute approximate surface area is 82.2 Å². The summed E-state index contributed by atoms with van der Waals surface area (Å²) in [5.74, 6) is 0. The van der Waals surface area contributed by atoms with Crippen LogP contribution in [0.4, 0.5) is 0 Å². The first-order valence-electron chi connectivity index (χ1n) is 5.16. The Morgan fingerprint density at radius 3 is 2.69 bits per heavy atom. The zero-order chi connectivity index (χ0) is 9.94. The average molecular weight is 185 g/mol. The van der Waals surface area contributed by atoms with Crippen LogP contribution in [0.15, 0.2) is 12.7 Å². The van der Waals surface area contributed by atoms with E-state index in [0.29, 0.717) is 6.04 Å². The van der Waals surface area contributed by atoms with E-state index < -0.39 is 0 Å². The number of hydrogen-bond acceptors (Lipinski definition) is 2. The lowest BCUT2D eigenvalue weighted by Gasteiger charge is -2.09. The Bertz CT molecular complexity index is 115. The molecule has 2 nitrogen and oxygen atoms in total. The lowest BCUT2D eigenvalue weighted by atomic mass is 10.1. The van der Waals surface area contributed by atoms with Crippen molar-refractivity contribution < 1.29 is 4.74 Å². The van der Waals surface area contributed by atoms with E-state index >= 15 is 0 Å². The number of hydrogen-bond donors (Lipinski definition) is 1. The van der Waals surface area contributed by atoms with Gasteiger partial charge in [-0.25, -0.2) is 0 Å². The van der Waals surface area contributed by atoms with Gasteiger partial charge in [-0.05, 0) is 25.7 Å². The Hall–Kier alpha value is -0.340. The molecule has 78 valence electrons. The van der Waals surface area contributed by atoms with Crippen molar-refractivity contribution in [2.24, 2.45) is 5.73 Å². The minimum atomic E-state index is 0.323. The summed E-state index contributed by atoms with van der Waals surface area (Å²) in [6.45, 7) is 4.48. The maximum Gasteiger partial charge on any atom is 0.0477 e. The van der Waals surface area contributed by atoms with Gasteiger partial charge in [0.2, 0.25) is 0 Å². The maximum atomic E-state index is 5.87. The minimum Gasteiger partial charge on any atom is -0.385 e. The van der Waals surface area contributed by atoms with E-state index in [1.165, 1.54) is 19.3 Å². The van der Waals surface area contributed by atoms with Gasteiger partial charge in [-0.15, -0.1) is 6.58 Å². The van der Waals surface area contributed by atoms with Crippen molar-refractivity contribution in [1.82, 2.24) is 0 Å². The summed E-state index contributed by atoms with van der Waals surface area (Å²) in [4.78, 5) is 0. The third kappa shape index (κ3) is 9.57. The molecule has 0 aromatic carbocycles. The van der Waals surface area contributed by atoms with Crippen LogP contribution in [0, 0.1) is 0 Å². The summed E-state index contributed by atoms with van der Waals surface area (Å²) in [6, 6.07) is 0.323. The van der Waals surface area contributed by atoms with Crippen molar-refractivity contribution in [3.05, 3.63) is 12.7 Å². The largest absolute Gasteiger partial charge is 0.385 e. The second-order valence-electron chi connectivity index (χ2n) is 3.47. The van der Waals surface area contributed by atoms with Crippen LogP contribution in [0.25, 0.3) is 0 Å². The molecule has 0 fully saturated rings. The van der Waals surface area contributed by atoms with Crippen LogP contribution >= 0.6 is 0 Å². The van der Waals surface area contributed by atoms with Crippen LogP contribution in [-0.2, 0) is 4.74 Å². The summed E-state index contributed by atoms with van der Waals surface area (Å²) in [5.41, 5.74) is 5.87. The SMILES string of the molecule is C=CCCCCCC(N)CCOC. The van der Waals surface area contributed by atoms with Gasteiger partial charge in [-0.1, -0.05) is 18.9 Å². The number of allylic oxidation sites excluding steroid dienone is 1. The molecule has 0 aromatic heterocycles. The van der Waals surface area contributed by atoms with Crippen LogP contribution in [0.5, 0.6) is 0 Å². The average Bonchev–Trinajstić information content (AvgIpc) is 2.14. The van der Waals surface area contributed by atoms with Crippen molar-refractivity contribution in [1.29, 1.82) is 0 Å². The first kappa shape index (κ1) is 12.7. The highest BCUT2D eigenvalue weighted by molar-refractivity contribution is 4.66. The van der Waals surface area contributed by atoms with Crippen molar-refractivity contribution in [3.63, 3.8) is 0 Å². The second-order valence-corrected chi connectivity index (χ2v) is 3.47. The first-order valence-corrected chi connectivity index (χ1v) is 5.16. The normalized spacial score (nSPS) is 12.8. The third-order valence-corrected chi connectivity index (χ3v) is 2.18. The molecular weight excluding hydrogens is 162 g/mol. The predicted octanol–water partition coefficient (Wildman–Crippen LogP) is 2.49. The second kappa shape index (κ2) is 9.75. The van der Waals surface area contributed by atoms with Crippen molar-refractivity contribution >= 4 is 0 Å². The van der Waals surface area contributed by atoms with E-state index in [2.05, 4.69) is 6.58 Å². The molecule has 0 aromatic rings. The smallest absolute Gasteiger partial charge is 0.0477 e. The van der Waals surface area contributed by atoms with Gasteiger partial charge in [0, 0.05) is 19.8 Å². The maximum absolute atomic E-state index is 5.87. The topological polar surface area (TPSA) is 35.2 Å². The zero-order valence-corrected chi connectivity index (χ0v) is 8.80. The number of rotatable bonds is 9. The first-order chi connectivity index (χ1) is 6.31. The fourth-order valence-corrected chi connectivity index (χ4v) is 1.29. The van der Waals surface area contributed by atoms with Gasteiger partial charge in [0.1, 0.15) is 0 Å². The lowest BCUT2D eigenvalue weighted by molar-refractivity contribution is 0.186. The van der Waals surface area contributed by atoms with Crippen LogP contribution in [0.3, 0.4) is 0 Å². The molecule has 0 saturated carbocycles. The molecule has 1 unspecified atom stereocenters. The zero-order valence-electron chi connectivity index (χ0n) is 8.80. The molecule has 2 heteroatoms. The quantitative estimate of drug-likeness (QED) is 0.442. The summed E-state index contributed by atoms with van der Waals surface area (Å²) in [6.07, 6.45) is 8.97. The summed E-state index contributed by atoms with van der Waals surface area (Å²) in [5, 5.41) is 0. The monoisotopic (exact) mass is 185 g/mol. The van der Waals surface area contributed by atoms with Gasteiger partial charge >= 0.3 is 0 Å². The van der Waals surface area contributed by atoms with Crippen LogP contribution in [0.2, 0.25) is 0 Å². The summed E-state index contributed by atoms with van der Waals surface area (Å²) < 4.78 is 4.96. The van der Waals surface area contributed by atoms with Crippen molar-refractivity contribution in [2.45, 2.75) is 44.6 Å². The summed E-state index contributed by atoms with van der Waals surface area (Å²) >= 11 is 0. The molecule has 0 aliphatic carbocycles. The molecule has 13 heavy (non-hydrogen) atoms. The van der Waals surface area contributed by atoms with Gasteiger partial charge in [-0.2, -0.15) is 0 Å².